The fourth-order valence-corrected chi connectivity index (χ4v) is 5.40. The first kappa shape index (κ1) is 49.6. The van der Waals surface area contributed by atoms with Crippen LogP contribution < -0.4 is 42.7 Å². The quantitative estimate of drug-likeness (QED) is 0.0222. The van der Waals surface area contributed by atoms with Gasteiger partial charge in [0.2, 0.25) is 17.8 Å². The van der Waals surface area contributed by atoms with Gasteiger partial charge in [0, 0.05) is 30.5 Å². The van der Waals surface area contributed by atoms with Crippen LogP contribution in [0.1, 0.15) is 49.9 Å². The molecular formula is C43H46F8N14O. The predicted octanol–water partition coefficient (Wildman–Crippen LogP) is 10.3. The van der Waals surface area contributed by atoms with Crippen LogP contribution >= 0.6 is 0 Å². The number of pyridine rings is 2. The lowest BCUT2D eigenvalue weighted by molar-refractivity contribution is -0.138. The van der Waals surface area contributed by atoms with Gasteiger partial charge in [-0.15, -0.1) is 0 Å². The zero-order valence-corrected chi connectivity index (χ0v) is 34.4. The normalized spacial score (nSPS) is 13.2. The number of anilines is 8. The van der Waals surface area contributed by atoms with Gasteiger partial charge in [-0.25, -0.2) is 35.0 Å². The van der Waals surface area contributed by atoms with E-state index < -0.39 is 35.1 Å². The van der Waals surface area contributed by atoms with Crippen LogP contribution in [0.3, 0.4) is 0 Å². The Morgan fingerprint density at radius 2 is 1.15 bits per heavy atom. The summed E-state index contributed by atoms with van der Waals surface area (Å²) in [6.07, 6.45) is 2.45. The van der Waals surface area contributed by atoms with Crippen molar-refractivity contribution in [2.24, 2.45) is 22.8 Å². The van der Waals surface area contributed by atoms with Gasteiger partial charge in [0.1, 0.15) is 0 Å². The molecular weight excluding hydrogens is 881 g/mol. The highest BCUT2D eigenvalue weighted by molar-refractivity contribution is 5.78. The number of ether oxygens (including phenoxy) is 1. The summed E-state index contributed by atoms with van der Waals surface area (Å²) < 4.78 is 108. The zero-order chi connectivity index (χ0) is 46.4. The molecule has 0 atom stereocenters. The Balaban J connectivity index is 0.000000203. The number of nitrogen functional groups attached to an aromatic ring is 1. The van der Waals surface area contributed by atoms with E-state index >= 15 is 0 Å². The van der Waals surface area contributed by atoms with Gasteiger partial charge in [-0.05, 0) is 92.1 Å². The highest BCUT2D eigenvalue weighted by Crippen LogP contribution is 2.33. The van der Waals surface area contributed by atoms with Crippen molar-refractivity contribution in [2.75, 3.05) is 52.3 Å². The van der Waals surface area contributed by atoms with Crippen molar-refractivity contribution in [3.05, 3.63) is 126 Å². The van der Waals surface area contributed by atoms with Crippen LogP contribution in [-0.4, -0.2) is 56.3 Å². The van der Waals surface area contributed by atoms with E-state index in [9.17, 15) is 35.1 Å². The maximum Gasteiger partial charge on any atom is 0.416 e. The first-order valence-electron chi connectivity index (χ1n) is 19.8. The molecule has 2 aliphatic carbocycles. The summed E-state index contributed by atoms with van der Waals surface area (Å²) in [6, 6.07) is 16.5. The third kappa shape index (κ3) is 16.0. The summed E-state index contributed by atoms with van der Waals surface area (Å²) in [6.45, 7) is 1.43. The van der Waals surface area contributed by atoms with Crippen molar-refractivity contribution in [1.29, 1.82) is 0 Å². The molecule has 0 amide bonds. The molecule has 0 radical (unpaired) electrons. The van der Waals surface area contributed by atoms with Crippen molar-refractivity contribution >= 4 is 52.5 Å². The van der Waals surface area contributed by atoms with Gasteiger partial charge in [-0.1, -0.05) is 19.6 Å². The van der Waals surface area contributed by atoms with E-state index in [0.717, 1.165) is 56.0 Å². The second-order valence-corrected chi connectivity index (χ2v) is 14.4. The predicted molar refractivity (Wildman–Crippen MR) is 237 cm³/mol. The highest BCUT2D eigenvalue weighted by atomic mass is 19.4. The molecule has 0 saturated heterocycles. The molecule has 2 fully saturated rings. The molecule has 6 aromatic rings. The molecule has 0 aliphatic heterocycles. The molecule has 0 bridgehead atoms. The number of nitrogens with zero attached hydrogens (tertiary/aromatic N) is 7. The Labute approximate surface area is 374 Å². The van der Waals surface area contributed by atoms with E-state index in [2.05, 4.69) is 67.1 Å². The summed E-state index contributed by atoms with van der Waals surface area (Å²) in [4.78, 5) is 23.5. The molecule has 15 nitrogen and oxygen atoms in total. The summed E-state index contributed by atoms with van der Waals surface area (Å²) in [5.41, 5.74) is 5.69. The van der Waals surface area contributed by atoms with Crippen LogP contribution in [0.15, 0.2) is 103 Å². The molecule has 23 heteroatoms. The number of hydrazone groups is 1. The largest absolute Gasteiger partial charge is 0.481 e. The molecule has 2 saturated carbocycles. The third-order valence-electron chi connectivity index (χ3n) is 9.18. The van der Waals surface area contributed by atoms with E-state index in [0.29, 0.717) is 52.7 Å². The lowest BCUT2D eigenvalue weighted by Gasteiger charge is -2.10. The molecule has 2 aliphatic rings. The minimum absolute atomic E-state index is 0. The third-order valence-corrected chi connectivity index (χ3v) is 9.18. The van der Waals surface area contributed by atoms with Crippen LogP contribution in [0.5, 0.6) is 5.88 Å². The zero-order valence-electron chi connectivity index (χ0n) is 34.4. The maximum absolute atomic E-state index is 13.8. The average molecular weight is 927 g/mol. The minimum atomic E-state index is -4.41. The van der Waals surface area contributed by atoms with E-state index in [1.54, 1.807) is 30.3 Å². The SMILES string of the molecule is C.COc1ccc(Nc2cccc(C(F)(F)F)c2)cn1.Fc1cnc(N/N=C/c2ccc(Nc3cccc(C(F)(F)F)c3)cn2)nc1NCC1CC1.NNc1ncc(F)c(NCC2CC2)n1. The number of alkyl halides is 6. The van der Waals surface area contributed by atoms with Crippen LogP contribution in [-0.2, 0) is 12.4 Å². The van der Waals surface area contributed by atoms with Crippen LogP contribution in [0.4, 0.5) is 81.4 Å². The fourth-order valence-electron chi connectivity index (χ4n) is 5.40. The van der Waals surface area contributed by atoms with Crippen molar-refractivity contribution in [2.45, 2.75) is 45.5 Å². The number of hydrazine groups is 1. The Hall–Kier alpha value is -7.43. The molecule has 2 aromatic carbocycles. The number of benzene rings is 2. The molecule has 8 N–H and O–H groups in total. The molecule has 0 unspecified atom stereocenters. The first-order valence-corrected chi connectivity index (χ1v) is 19.8. The van der Waals surface area contributed by atoms with Gasteiger partial charge >= 0.3 is 12.4 Å². The number of hydrogen-bond donors (Lipinski definition) is 7. The lowest BCUT2D eigenvalue weighted by atomic mass is 10.2. The molecule has 4 aromatic heterocycles. The second kappa shape index (κ2) is 23.0. The van der Waals surface area contributed by atoms with Crippen LogP contribution in [0.2, 0.25) is 0 Å². The van der Waals surface area contributed by atoms with Gasteiger partial charge in [-0.2, -0.15) is 41.4 Å². The summed E-state index contributed by atoms with van der Waals surface area (Å²) in [5.74, 6) is 6.46. The molecule has 8 rings (SSSR count). The lowest BCUT2D eigenvalue weighted by Crippen LogP contribution is -2.13. The van der Waals surface area contributed by atoms with Crippen molar-refractivity contribution in [3.63, 3.8) is 0 Å². The number of rotatable bonds is 15. The topological polar surface area (TPSA) is 197 Å². The Morgan fingerprint density at radius 1 is 0.652 bits per heavy atom. The smallest absolute Gasteiger partial charge is 0.416 e. The van der Waals surface area contributed by atoms with E-state index in [-0.39, 0.29) is 31.0 Å². The molecule has 0 spiro atoms. The molecule has 4 heterocycles. The van der Waals surface area contributed by atoms with Gasteiger partial charge in [0.25, 0.3) is 0 Å². The van der Waals surface area contributed by atoms with Gasteiger partial charge in [0.05, 0.1) is 66.3 Å². The Kier molecular flexibility index (Phi) is 17.3. The number of nitrogens with two attached hydrogens (primary N) is 1. The number of methoxy groups -OCH3 is 1. The van der Waals surface area contributed by atoms with Gasteiger partial charge in [0.15, 0.2) is 23.3 Å². The Bertz CT molecular complexity index is 2490. The van der Waals surface area contributed by atoms with Crippen LogP contribution in [0, 0.1) is 23.5 Å². The summed E-state index contributed by atoms with van der Waals surface area (Å²) >= 11 is 0. The second-order valence-electron chi connectivity index (χ2n) is 14.4. The number of nitrogens with one attached hydrogen (secondary N) is 6. The van der Waals surface area contributed by atoms with Crippen molar-refractivity contribution in [1.82, 2.24) is 29.9 Å². The minimum Gasteiger partial charge on any atom is -0.481 e. The van der Waals surface area contributed by atoms with Crippen molar-refractivity contribution < 1.29 is 39.9 Å². The number of halogens is 8. The summed E-state index contributed by atoms with van der Waals surface area (Å²) in [7, 11) is 1.49. The summed E-state index contributed by atoms with van der Waals surface area (Å²) in [5, 5.41) is 15.6. The molecule has 350 valence electrons. The fraction of sp³-hybridized carbons (Fsp3) is 0.279. The first-order chi connectivity index (χ1) is 31.1. The number of hydrogen-bond acceptors (Lipinski definition) is 15. The monoisotopic (exact) mass is 926 g/mol. The Morgan fingerprint density at radius 3 is 1.59 bits per heavy atom. The highest BCUT2D eigenvalue weighted by Gasteiger charge is 2.31. The van der Waals surface area contributed by atoms with Crippen LogP contribution in [0.25, 0.3) is 0 Å². The van der Waals surface area contributed by atoms with Gasteiger partial charge < -0.3 is 26.0 Å². The molecule has 66 heavy (non-hydrogen) atoms. The average Bonchev–Trinajstić information content (AvgIpc) is 4.24. The number of aromatic nitrogens is 6. The van der Waals surface area contributed by atoms with Crippen molar-refractivity contribution in [3.8, 4) is 5.88 Å². The maximum atomic E-state index is 13.8. The van der Waals surface area contributed by atoms with Gasteiger partial charge in [-0.3, -0.25) is 10.4 Å². The van der Waals surface area contributed by atoms with E-state index in [1.165, 1.54) is 56.8 Å². The standard InChI is InChI=1S/C21H19F4N7.C13H11F3N2O.C8H12FN5.CH4/c22-18-12-28-20(31-19(18)27-9-13-4-5-13)32-29-11-16-6-7-17(10-26-16)30-15-3-1-2-14(8-15)21(23,24)25;1-19-12-6-5-11(8-17-12)18-10-4-2-3-9(7-10)13(14,15)16;9-6-4-12-8(14-10)13-7(6)11-3-5-1-2-5;/h1-3,6-8,10-13,30H,4-5,9H2,(H2,27,28,31,32);2-8,18H,1H3;4-5H,1-3,10H2,(H2,11,12,13,14);1H4/b29-11+;;;. The van der Waals surface area contributed by atoms with E-state index in [4.69, 9.17) is 10.6 Å². The van der Waals surface area contributed by atoms with E-state index in [1.807, 2.05) is 0 Å².